The number of nitrogens with two attached hydrogens (primary N) is 1. The number of primary amides is 1. The van der Waals surface area contributed by atoms with E-state index in [2.05, 4.69) is 10.3 Å². The van der Waals surface area contributed by atoms with Crippen molar-refractivity contribution in [3.05, 3.63) is 11.3 Å². The highest BCUT2D eigenvalue weighted by atomic mass is 16.6. The molecule has 142 valence electrons. The van der Waals surface area contributed by atoms with Crippen LogP contribution in [0.3, 0.4) is 0 Å². The highest BCUT2D eigenvalue weighted by Crippen LogP contribution is 2.19. The van der Waals surface area contributed by atoms with Crippen molar-refractivity contribution < 1.29 is 19.1 Å². The standard InChI is InChI=1S/C17H30N4O4/c1-11(12(2)20-15(18)22)14(19-6)24-13-7-9-21(10-8-13)16(23)25-17(3,4)5/h13H,7-10H2,1-6H3,(H3,18,20,22)/b12-11+,19-14+. The van der Waals surface area contributed by atoms with Gasteiger partial charge in [-0.3, -0.25) is 4.99 Å². The zero-order valence-electron chi connectivity index (χ0n) is 16.0. The molecular formula is C17H30N4O4. The molecule has 8 heteroatoms. The van der Waals surface area contributed by atoms with E-state index in [1.807, 2.05) is 27.7 Å². The van der Waals surface area contributed by atoms with E-state index < -0.39 is 11.6 Å². The number of hydrogen-bond donors (Lipinski definition) is 2. The van der Waals surface area contributed by atoms with Gasteiger partial charge in [-0.05, 0) is 34.6 Å². The summed E-state index contributed by atoms with van der Waals surface area (Å²) in [5.74, 6) is 0.460. The number of aliphatic imine (C=N–C) groups is 1. The Kier molecular flexibility index (Phi) is 7.26. The Hall–Kier alpha value is -2.25. The van der Waals surface area contributed by atoms with Crippen molar-refractivity contribution >= 4 is 18.0 Å². The Morgan fingerprint density at radius 2 is 1.76 bits per heavy atom. The van der Waals surface area contributed by atoms with Crippen molar-refractivity contribution in [3.8, 4) is 0 Å². The van der Waals surface area contributed by atoms with Crippen LogP contribution in [-0.4, -0.2) is 54.8 Å². The van der Waals surface area contributed by atoms with E-state index in [1.165, 1.54) is 0 Å². The van der Waals surface area contributed by atoms with Gasteiger partial charge in [-0.15, -0.1) is 0 Å². The topological polar surface area (TPSA) is 106 Å². The molecule has 1 heterocycles. The number of nitrogens with zero attached hydrogens (tertiary/aromatic N) is 2. The summed E-state index contributed by atoms with van der Waals surface area (Å²) in [6.45, 7) is 10.2. The van der Waals surface area contributed by atoms with Crippen molar-refractivity contribution in [3.63, 3.8) is 0 Å². The van der Waals surface area contributed by atoms with Crippen molar-refractivity contribution in [2.75, 3.05) is 20.1 Å². The largest absolute Gasteiger partial charge is 0.474 e. The van der Waals surface area contributed by atoms with Crippen molar-refractivity contribution in [2.45, 2.75) is 59.2 Å². The fourth-order valence-electron chi connectivity index (χ4n) is 2.39. The van der Waals surface area contributed by atoms with Gasteiger partial charge in [0.1, 0.15) is 11.7 Å². The first kappa shape index (κ1) is 20.8. The molecule has 1 rings (SSSR count). The third kappa shape index (κ3) is 7.03. The monoisotopic (exact) mass is 354 g/mol. The molecule has 0 radical (unpaired) electrons. The minimum absolute atomic E-state index is 0.0475. The molecule has 0 aromatic rings. The summed E-state index contributed by atoms with van der Waals surface area (Å²) in [6, 6.07) is -0.627. The van der Waals surface area contributed by atoms with E-state index in [0.29, 0.717) is 37.5 Å². The summed E-state index contributed by atoms with van der Waals surface area (Å²) in [6.07, 6.45) is 1.03. The lowest BCUT2D eigenvalue weighted by Crippen LogP contribution is -2.44. The highest BCUT2D eigenvalue weighted by molar-refractivity contribution is 5.94. The molecule has 0 bridgehead atoms. The van der Waals surface area contributed by atoms with Gasteiger partial charge in [0.2, 0.25) is 5.90 Å². The Labute approximate surface area is 149 Å². The maximum absolute atomic E-state index is 12.1. The average molecular weight is 354 g/mol. The Bertz CT molecular complexity index is 555. The summed E-state index contributed by atoms with van der Waals surface area (Å²) < 4.78 is 11.3. The lowest BCUT2D eigenvalue weighted by atomic mass is 10.1. The zero-order chi connectivity index (χ0) is 19.2. The third-order valence-electron chi connectivity index (χ3n) is 3.77. The number of piperidine rings is 1. The molecule has 3 N–H and O–H groups in total. The Morgan fingerprint density at radius 3 is 2.20 bits per heavy atom. The molecule has 1 fully saturated rings. The van der Waals surface area contributed by atoms with Gasteiger partial charge in [-0.2, -0.15) is 0 Å². The number of nitrogens with one attached hydrogen (secondary N) is 1. The number of allylic oxidation sites excluding steroid dienone is 1. The lowest BCUT2D eigenvalue weighted by molar-refractivity contribution is 0.0116. The molecule has 25 heavy (non-hydrogen) atoms. The predicted octanol–water partition coefficient (Wildman–Crippen LogP) is 2.39. The summed E-state index contributed by atoms with van der Waals surface area (Å²) >= 11 is 0. The van der Waals surface area contributed by atoms with Crippen LogP contribution >= 0.6 is 0 Å². The van der Waals surface area contributed by atoms with E-state index in [-0.39, 0.29) is 12.2 Å². The molecular weight excluding hydrogens is 324 g/mol. The second kappa shape index (κ2) is 8.73. The number of urea groups is 1. The summed E-state index contributed by atoms with van der Waals surface area (Å²) in [7, 11) is 1.63. The Morgan fingerprint density at radius 1 is 1.20 bits per heavy atom. The number of ether oxygens (including phenoxy) is 2. The molecule has 8 nitrogen and oxygen atoms in total. The normalized spacial score (nSPS) is 17.7. The van der Waals surface area contributed by atoms with E-state index in [9.17, 15) is 9.59 Å². The van der Waals surface area contributed by atoms with Gasteiger partial charge in [0.25, 0.3) is 0 Å². The molecule has 0 aromatic carbocycles. The third-order valence-corrected chi connectivity index (χ3v) is 3.77. The van der Waals surface area contributed by atoms with E-state index in [1.54, 1.807) is 18.9 Å². The van der Waals surface area contributed by atoms with E-state index in [4.69, 9.17) is 15.2 Å². The van der Waals surface area contributed by atoms with Crippen molar-refractivity contribution in [1.29, 1.82) is 0 Å². The van der Waals surface area contributed by atoms with Crippen LogP contribution in [0, 0.1) is 0 Å². The molecule has 0 saturated carbocycles. The smallest absolute Gasteiger partial charge is 0.410 e. The second-order valence-corrected chi connectivity index (χ2v) is 7.05. The maximum atomic E-state index is 12.1. The van der Waals surface area contributed by atoms with Crippen LogP contribution < -0.4 is 11.1 Å². The van der Waals surface area contributed by atoms with Gasteiger partial charge in [0.15, 0.2) is 0 Å². The fraction of sp³-hybridized carbons (Fsp3) is 0.706. The molecule has 0 unspecified atom stereocenters. The van der Waals surface area contributed by atoms with Gasteiger partial charge in [-0.1, -0.05) is 0 Å². The minimum atomic E-state index is -0.627. The van der Waals surface area contributed by atoms with Crippen molar-refractivity contribution in [2.24, 2.45) is 10.7 Å². The van der Waals surface area contributed by atoms with Gasteiger partial charge < -0.3 is 25.4 Å². The lowest BCUT2D eigenvalue weighted by Gasteiger charge is -2.33. The molecule has 1 saturated heterocycles. The predicted molar refractivity (Wildman–Crippen MR) is 96.4 cm³/mol. The number of likely N-dealkylation sites (tertiary alicyclic amines) is 1. The maximum Gasteiger partial charge on any atom is 0.410 e. The average Bonchev–Trinajstić information content (AvgIpc) is 2.50. The quantitative estimate of drug-likeness (QED) is 0.599. The summed E-state index contributed by atoms with van der Waals surface area (Å²) in [5, 5.41) is 2.53. The number of amides is 3. The van der Waals surface area contributed by atoms with Crippen LogP contribution in [0.4, 0.5) is 9.59 Å². The molecule has 1 aliphatic heterocycles. The highest BCUT2D eigenvalue weighted by Gasteiger charge is 2.28. The molecule has 1 aliphatic rings. The Balaban J connectivity index is 2.60. The number of carbonyl (C=O) groups excluding carboxylic acids is 2. The summed E-state index contributed by atoms with van der Waals surface area (Å²) in [4.78, 5) is 28.9. The van der Waals surface area contributed by atoms with Gasteiger partial charge in [0.05, 0.1) is 0 Å². The van der Waals surface area contributed by atoms with Crippen LogP contribution in [0.5, 0.6) is 0 Å². The molecule has 0 spiro atoms. The number of hydrogen-bond acceptors (Lipinski definition) is 5. The van der Waals surface area contributed by atoms with E-state index >= 15 is 0 Å². The SMILES string of the molecule is C/N=C(OC1CCN(C(=O)OC(C)(C)C)CC1)\C(C)=C(/C)NC(N)=O. The molecule has 0 aliphatic carbocycles. The zero-order valence-corrected chi connectivity index (χ0v) is 16.0. The summed E-state index contributed by atoms with van der Waals surface area (Å²) in [5.41, 5.74) is 5.94. The van der Waals surface area contributed by atoms with Gasteiger partial charge in [0, 0.05) is 44.2 Å². The molecule has 0 aromatic heterocycles. The van der Waals surface area contributed by atoms with Crippen LogP contribution in [0.1, 0.15) is 47.5 Å². The second-order valence-electron chi connectivity index (χ2n) is 7.05. The number of carbonyl (C=O) groups is 2. The van der Waals surface area contributed by atoms with Crippen LogP contribution in [-0.2, 0) is 9.47 Å². The molecule has 0 atom stereocenters. The van der Waals surface area contributed by atoms with Crippen LogP contribution in [0.25, 0.3) is 0 Å². The van der Waals surface area contributed by atoms with Crippen molar-refractivity contribution in [1.82, 2.24) is 10.2 Å². The first-order valence-corrected chi connectivity index (χ1v) is 8.39. The van der Waals surface area contributed by atoms with E-state index in [0.717, 1.165) is 5.57 Å². The van der Waals surface area contributed by atoms with Crippen LogP contribution in [0.2, 0.25) is 0 Å². The minimum Gasteiger partial charge on any atom is -0.474 e. The number of rotatable bonds is 3. The first-order valence-electron chi connectivity index (χ1n) is 8.39. The first-order chi connectivity index (χ1) is 11.5. The van der Waals surface area contributed by atoms with Gasteiger partial charge >= 0.3 is 12.1 Å². The molecule has 3 amide bonds. The fourth-order valence-corrected chi connectivity index (χ4v) is 2.39. The van der Waals surface area contributed by atoms with Gasteiger partial charge in [-0.25, -0.2) is 9.59 Å². The van der Waals surface area contributed by atoms with Crippen LogP contribution in [0.15, 0.2) is 16.3 Å².